The normalized spacial score (nSPS) is 12.6. The minimum Gasteiger partial charge on any atom is -0.396 e. The van der Waals surface area contributed by atoms with Crippen LogP contribution in [-0.2, 0) is 10.8 Å². The number of aliphatic hydroxyl groups is 1. The molecule has 148 valence electrons. The molecule has 0 saturated carbocycles. The van der Waals surface area contributed by atoms with Gasteiger partial charge in [0.15, 0.2) is 0 Å². The summed E-state index contributed by atoms with van der Waals surface area (Å²) in [4.78, 5) is 15.7. The lowest BCUT2D eigenvalue weighted by Gasteiger charge is -2.04. The van der Waals surface area contributed by atoms with Gasteiger partial charge < -0.3 is 10.4 Å². The lowest BCUT2D eigenvalue weighted by molar-refractivity contribution is 0.261. The van der Waals surface area contributed by atoms with Gasteiger partial charge >= 0.3 is 0 Å². The number of aliphatic imine (C=N–C) groups is 1. The van der Waals surface area contributed by atoms with Crippen molar-refractivity contribution in [2.45, 2.75) is 6.92 Å². The third kappa shape index (κ3) is 21.2. The highest BCUT2D eigenvalue weighted by Gasteiger charge is 2.01. The molecule has 0 heterocycles. The smallest absolute Gasteiger partial charge is 0.279 e. The van der Waals surface area contributed by atoms with E-state index in [9.17, 15) is 9.00 Å². The Bertz CT molecular complexity index is 374. The van der Waals surface area contributed by atoms with Gasteiger partial charge in [0.2, 0.25) is 0 Å². The molecule has 0 saturated heterocycles. The van der Waals surface area contributed by atoms with Crippen LogP contribution in [0.2, 0.25) is 0 Å². The van der Waals surface area contributed by atoms with Gasteiger partial charge in [-0.25, -0.2) is 0 Å². The zero-order valence-electron chi connectivity index (χ0n) is 14.5. The quantitative estimate of drug-likeness (QED) is 0.147. The van der Waals surface area contributed by atoms with E-state index < -0.39 is 10.8 Å². The number of hydrogen-bond donors (Lipinski definition) is 2. The van der Waals surface area contributed by atoms with Gasteiger partial charge in [-0.2, -0.15) is 11.8 Å². The number of aliphatic hydroxyl groups excluding tert-OH is 1. The molecule has 0 aromatic rings. The SMILES string of the molecule is CCSCS(=O)C=NCCSCSCCNC(=O)SCCSCCO. The number of hydrogen-bond acceptors (Lipinski definition) is 9. The first-order valence-electron chi connectivity index (χ1n) is 7.90. The zero-order chi connectivity index (χ0) is 18.6. The molecular formula is C14H28N2O3S6. The predicted octanol–water partition coefficient (Wildman–Crippen LogP) is 3.07. The van der Waals surface area contributed by atoms with Gasteiger partial charge in [-0.15, -0.1) is 35.3 Å². The van der Waals surface area contributed by atoms with E-state index in [1.165, 1.54) is 11.8 Å². The maximum Gasteiger partial charge on any atom is 0.279 e. The summed E-state index contributed by atoms with van der Waals surface area (Å²) in [5.74, 6) is 5.21. The summed E-state index contributed by atoms with van der Waals surface area (Å²) in [6, 6.07) is 0. The second kappa shape index (κ2) is 21.3. The highest BCUT2D eigenvalue weighted by Crippen LogP contribution is 2.11. The van der Waals surface area contributed by atoms with E-state index in [1.54, 1.807) is 40.8 Å². The predicted molar refractivity (Wildman–Crippen MR) is 125 cm³/mol. The third-order valence-electron chi connectivity index (χ3n) is 2.34. The lowest BCUT2D eigenvalue weighted by atomic mass is 10.8. The fourth-order valence-corrected chi connectivity index (χ4v) is 6.52. The minimum absolute atomic E-state index is 0.0291. The van der Waals surface area contributed by atoms with Crippen LogP contribution in [-0.4, -0.2) is 84.5 Å². The molecule has 25 heavy (non-hydrogen) atoms. The zero-order valence-corrected chi connectivity index (χ0v) is 19.4. The summed E-state index contributed by atoms with van der Waals surface area (Å²) >= 11 is 8.23. The Hall–Kier alpha value is 1.00. The molecule has 0 rings (SSSR count). The Kier molecular flexibility index (Phi) is 22.2. The number of nitrogens with zero attached hydrogens (tertiary/aromatic N) is 1. The molecule has 0 aromatic carbocycles. The third-order valence-corrected chi connectivity index (χ3v) is 9.06. The second-order valence-electron chi connectivity index (χ2n) is 4.34. The van der Waals surface area contributed by atoms with Crippen molar-refractivity contribution < 1.29 is 14.1 Å². The first-order chi connectivity index (χ1) is 12.2. The summed E-state index contributed by atoms with van der Waals surface area (Å²) in [6.07, 6.45) is 0. The fraction of sp³-hybridized carbons (Fsp3) is 0.857. The van der Waals surface area contributed by atoms with Crippen molar-refractivity contribution in [3.05, 3.63) is 0 Å². The first kappa shape index (κ1) is 26.0. The average molecular weight is 465 g/mol. The van der Waals surface area contributed by atoms with Gasteiger partial charge in [0.05, 0.1) is 28.0 Å². The molecular weight excluding hydrogens is 437 g/mol. The number of rotatable bonds is 17. The number of thioether (sulfide) groups is 5. The molecule has 0 bridgehead atoms. The Morgan fingerprint density at radius 1 is 1.12 bits per heavy atom. The van der Waals surface area contributed by atoms with Crippen molar-refractivity contribution in [2.75, 3.05) is 64.4 Å². The molecule has 5 nitrogen and oxygen atoms in total. The van der Waals surface area contributed by atoms with Crippen molar-refractivity contribution in [1.82, 2.24) is 5.32 Å². The van der Waals surface area contributed by atoms with Gasteiger partial charge in [0.25, 0.3) is 5.24 Å². The number of amides is 1. The Balaban J connectivity index is 3.29. The monoisotopic (exact) mass is 464 g/mol. The fourth-order valence-electron chi connectivity index (χ4n) is 1.26. The molecule has 2 N–H and O–H groups in total. The molecule has 1 unspecified atom stereocenters. The van der Waals surface area contributed by atoms with E-state index in [0.29, 0.717) is 18.2 Å². The van der Waals surface area contributed by atoms with E-state index in [-0.39, 0.29) is 11.8 Å². The van der Waals surface area contributed by atoms with E-state index in [2.05, 4.69) is 17.2 Å². The van der Waals surface area contributed by atoms with Crippen LogP contribution in [0, 0.1) is 0 Å². The van der Waals surface area contributed by atoms with Crippen LogP contribution in [0.5, 0.6) is 0 Å². The van der Waals surface area contributed by atoms with Crippen molar-refractivity contribution >= 4 is 80.4 Å². The molecule has 0 fully saturated rings. The maximum absolute atomic E-state index is 11.5. The van der Waals surface area contributed by atoms with Gasteiger partial charge in [0.1, 0.15) is 0 Å². The molecule has 0 aliphatic carbocycles. The van der Waals surface area contributed by atoms with Crippen LogP contribution in [0.25, 0.3) is 0 Å². The van der Waals surface area contributed by atoms with Gasteiger partial charge in [-0.3, -0.25) is 14.0 Å². The van der Waals surface area contributed by atoms with E-state index in [1.807, 2.05) is 11.8 Å². The molecule has 0 spiro atoms. The van der Waals surface area contributed by atoms with Gasteiger partial charge in [0, 0.05) is 46.9 Å². The van der Waals surface area contributed by atoms with Crippen molar-refractivity contribution in [1.29, 1.82) is 0 Å². The van der Waals surface area contributed by atoms with Crippen LogP contribution in [0.15, 0.2) is 4.99 Å². The Morgan fingerprint density at radius 2 is 1.92 bits per heavy atom. The number of carbonyl (C=O) groups is 1. The minimum atomic E-state index is -0.938. The van der Waals surface area contributed by atoms with Crippen molar-refractivity contribution in [3.63, 3.8) is 0 Å². The molecule has 1 atom stereocenters. The van der Waals surface area contributed by atoms with Crippen LogP contribution >= 0.6 is 58.8 Å². The Morgan fingerprint density at radius 3 is 2.68 bits per heavy atom. The Labute approximate surface area is 175 Å². The van der Waals surface area contributed by atoms with Crippen LogP contribution < -0.4 is 5.32 Å². The van der Waals surface area contributed by atoms with Crippen LogP contribution in [0.1, 0.15) is 6.92 Å². The van der Waals surface area contributed by atoms with Crippen molar-refractivity contribution in [2.24, 2.45) is 4.99 Å². The summed E-state index contributed by atoms with van der Waals surface area (Å²) in [5.41, 5.74) is 1.56. The summed E-state index contributed by atoms with van der Waals surface area (Å²) in [5, 5.41) is 13.2. The molecule has 1 amide bonds. The summed E-state index contributed by atoms with van der Waals surface area (Å²) in [7, 11) is -0.938. The molecule has 0 aromatic heterocycles. The highest BCUT2D eigenvalue weighted by atomic mass is 32.2. The van der Waals surface area contributed by atoms with Crippen LogP contribution in [0.4, 0.5) is 4.79 Å². The number of carbonyl (C=O) groups excluding carboxylic acids is 1. The van der Waals surface area contributed by atoms with Crippen LogP contribution in [0.3, 0.4) is 0 Å². The number of nitrogens with one attached hydrogen (secondary N) is 1. The molecule has 11 heteroatoms. The second-order valence-corrected chi connectivity index (χ2v) is 12.1. The largest absolute Gasteiger partial charge is 0.396 e. The topological polar surface area (TPSA) is 78.8 Å². The molecule has 0 aliphatic heterocycles. The first-order valence-corrected chi connectivity index (χ1v) is 14.9. The molecule has 0 aliphatic rings. The van der Waals surface area contributed by atoms with E-state index in [0.717, 1.165) is 39.6 Å². The van der Waals surface area contributed by atoms with E-state index >= 15 is 0 Å². The maximum atomic E-state index is 11.5. The van der Waals surface area contributed by atoms with Gasteiger partial charge in [-0.05, 0) is 5.75 Å². The van der Waals surface area contributed by atoms with E-state index in [4.69, 9.17) is 5.11 Å². The molecule has 0 radical (unpaired) electrons. The average Bonchev–Trinajstić information content (AvgIpc) is 2.61. The lowest BCUT2D eigenvalue weighted by Crippen LogP contribution is -2.22. The summed E-state index contributed by atoms with van der Waals surface area (Å²) < 4.78 is 11.5. The van der Waals surface area contributed by atoms with Gasteiger partial charge in [-0.1, -0.05) is 18.7 Å². The summed E-state index contributed by atoms with van der Waals surface area (Å²) in [6.45, 7) is 3.64. The van der Waals surface area contributed by atoms with Crippen molar-refractivity contribution in [3.8, 4) is 0 Å². The standard InChI is InChI=1S/C14H28N2O3S6/c1-2-20-13-25(19)11-15-3-6-22-12-23-7-4-16-14(18)24-10-9-21-8-5-17/h11,17H,2-10,12-13H2,1H3,(H,16,18). The highest BCUT2D eigenvalue weighted by molar-refractivity contribution is 8.16.